The number of ketones is 1. The SMILES string of the molecule is CC(C)(C)OC(=O)N1C=CCN1C1=CC=CC(=O)C1. The van der Waals surface area contributed by atoms with Gasteiger partial charge in [0.05, 0.1) is 13.0 Å². The lowest BCUT2D eigenvalue weighted by molar-refractivity contribution is -0.114. The molecule has 0 radical (unpaired) electrons. The molecule has 102 valence electrons. The van der Waals surface area contributed by atoms with Crippen LogP contribution in [0.2, 0.25) is 0 Å². The van der Waals surface area contributed by atoms with E-state index in [1.807, 2.05) is 32.9 Å². The fourth-order valence-corrected chi connectivity index (χ4v) is 1.88. The summed E-state index contributed by atoms with van der Waals surface area (Å²) in [4.78, 5) is 23.5. The summed E-state index contributed by atoms with van der Waals surface area (Å²) < 4.78 is 5.33. The van der Waals surface area contributed by atoms with Crippen molar-refractivity contribution in [1.82, 2.24) is 10.0 Å². The van der Waals surface area contributed by atoms with Gasteiger partial charge in [-0.2, -0.15) is 5.01 Å². The largest absolute Gasteiger partial charge is 0.442 e. The van der Waals surface area contributed by atoms with E-state index in [2.05, 4.69) is 0 Å². The lowest BCUT2D eigenvalue weighted by atomic mass is 10.1. The zero-order chi connectivity index (χ0) is 14.0. The van der Waals surface area contributed by atoms with Gasteiger partial charge in [0.1, 0.15) is 5.60 Å². The van der Waals surface area contributed by atoms with Crippen LogP contribution in [0.5, 0.6) is 0 Å². The van der Waals surface area contributed by atoms with Crippen molar-refractivity contribution in [3.8, 4) is 0 Å². The second-order valence-corrected chi connectivity index (χ2v) is 5.45. The Balaban J connectivity index is 2.10. The van der Waals surface area contributed by atoms with Gasteiger partial charge in [0.15, 0.2) is 5.78 Å². The van der Waals surface area contributed by atoms with Crippen LogP contribution in [0.3, 0.4) is 0 Å². The molecule has 5 heteroatoms. The number of rotatable bonds is 1. The van der Waals surface area contributed by atoms with Gasteiger partial charge in [0.25, 0.3) is 0 Å². The third-order valence-electron chi connectivity index (χ3n) is 2.62. The summed E-state index contributed by atoms with van der Waals surface area (Å²) in [5, 5.41) is 3.15. The first-order valence-corrected chi connectivity index (χ1v) is 6.23. The number of carbonyl (C=O) groups excluding carboxylic acids is 2. The fraction of sp³-hybridized carbons (Fsp3) is 0.429. The number of carbonyl (C=O) groups is 2. The summed E-state index contributed by atoms with van der Waals surface area (Å²) in [6.07, 6.45) is 8.45. The van der Waals surface area contributed by atoms with E-state index in [0.717, 1.165) is 5.70 Å². The highest BCUT2D eigenvalue weighted by Crippen LogP contribution is 2.23. The van der Waals surface area contributed by atoms with Crippen molar-refractivity contribution in [2.45, 2.75) is 32.8 Å². The van der Waals surface area contributed by atoms with E-state index in [0.29, 0.717) is 13.0 Å². The van der Waals surface area contributed by atoms with E-state index >= 15 is 0 Å². The van der Waals surface area contributed by atoms with Crippen molar-refractivity contribution in [1.29, 1.82) is 0 Å². The first-order valence-electron chi connectivity index (χ1n) is 6.23. The molecule has 0 saturated carbocycles. The van der Waals surface area contributed by atoms with Crippen molar-refractivity contribution in [2.75, 3.05) is 6.54 Å². The first kappa shape index (κ1) is 13.4. The van der Waals surface area contributed by atoms with Crippen LogP contribution in [-0.4, -0.2) is 34.0 Å². The Morgan fingerprint density at radius 2 is 2.11 bits per heavy atom. The molecule has 0 spiro atoms. The van der Waals surface area contributed by atoms with Gasteiger partial charge >= 0.3 is 6.09 Å². The number of nitrogens with zero attached hydrogens (tertiary/aromatic N) is 2. The summed E-state index contributed by atoms with van der Waals surface area (Å²) in [5.41, 5.74) is 0.249. The Morgan fingerprint density at radius 3 is 2.74 bits per heavy atom. The molecule has 0 aromatic rings. The normalized spacial score (nSPS) is 18.9. The maximum atomic E-state index is 12.1. The molecule has 0 aromatic carbocycles. The molecule has 0 N–H and O–H groups in total. The molecule has 0 unspecified atom stereocenters. The van der Waals surface area contributed by atoms with Crippen LogP contribution in [0.1, 0.15) is 27.2 Å². The van der Waals surface area contributed by atoms with Crippen LogP contribution in [0.25, 0.3) is 0 Å². The topological polar surface area (TPSA) is 49.9 Å². The Hall–Kier alpha value is -2.04. The number of hydrogen-bond donors (Lipinski definition) is 0. The van der Waals surface area contributed by atoms with Gasteiger partial charge in [0.2, 0.25) is 0 Å². The molecule has 1 aliphatic heterocycles. The number of ether oxygens (including phenoxy) is 1. The summed E-state index contributed by atoms with van der Waals surface area (Å²) in [5.74, 6) is 0.0357. The molecule has 0 aromatic heterocycles. The average molecular weight is 262 g/mol. The molecule has 1 aliphatic carbocycles. The third kappa shape index (κ3) is 3.24. The second-order valence-electron chi connectivity index (χ2n) is 5.45. The van der Waals surface area contributed by atoms with Crippen LogP contribution in [0.4, 0.5) is 4.79 Å². The van der Waals surface area contributed by atoms with Crippen molar-refractivity contribution in [3.05, 3.63) is 36.2 Å². The Bertz CT molecular complexity index is 483. The molecule has 0 bridgehead atoms. The molecule has 0 fully saturated rings. The highest BCUT2D eigenvalue weighted by Gasteiger charge is 2.29. The maximum absolute atomic E-state index is 12.1. The predicted octanol–water partition coefficient (Wildman–Crippen LogP) is 2.38. The van der Waals surface area contributed by atoms with Gasteiger partial charge in [-0.1, -0.05) is 6.08 Å². The molecule has 0 atom stereocenters. The number of amides is 1. The average Bonchev–Trinajstić information content (AvgIpc) is 2.75. The van der Waals surface area contributed by atoms with Crippen LogP contribution >= 0.6 is 0 Å². The Kier molecular flexibility index (Phi) is 3.46. The second kappa shape index (κ2) is 4.91. The monoisotopic (exact) mass is 262 g/mol. The van der Waals surface area contributed by atoms with Crippen LogP contribution < -0.4 is 0 Å². The van der Waals surface area contributed by atoms with Crippen LogP contribution in [0, 0.1) is 0 Å². The minimum Gasteiger partial charge on any atom is -0.442 e. The van der Waals surface area contributed by atoms with E-state index in [-0.39, 0.29) is 5.78 Å². The van der Waals surface area contributed by atoms with Gasteiger partial charge in [-0.3, -0.25) is 9.80 Å². The zero-order valence-electron chi connectivity index (χ0n) is 11.4. The number of allylic oxidation sites excluding steroid dienone is 4. The number of hydrogen-bond acceptors (Lipinski definition) is 4. The van der Waals surface area contributed by atoms with E-state index in [1.54, 1.807) is 17.3 Å². The van der Waals surface area contributed by atoms with Crippen LogP contribution in [0.15, 0.2) is 36.2 Å². The molecule has 0 saturated heterocycles. The molecular formula is C14H18N2O3. The summed E-state index contributed by atoms with van der Waals surface area (Å²) in [6.45, 7) is 6.02. The van der Waals surface area contributed by atoms with Crippen LogP contribution in [-0.2, 0) is 9.53 Å². The molecule has 5 nitrogen and oxygen atoms in total. The number of hydrazine groups is 1. The van der Waals surface area contributed by atoms with Gasteiger partial charge in [0, 0.05) is 11.9 Å². The summed E-state index contributed by atoms with van der Waals surface area (Å²) in [7, 11) is 0. The Morgan fingerprint density at radius 1 is 1.37 bits per heavy atom. The smallest absolute Gasteiger partial charge is 0.433 e. The highest BCUT2D eigenvalue weighted by atomic mass is 16.6. The summed E-state index contributed by atoms with van der Waals surface area (Å²) in [6, 6.07) is 0. The van der Waals surface area contributed by atoms with Gasteiger partial charge in [-0.15, -0.1) is 0 Å². The van der Waals surface area contributed by atoms with Gasteiger partial charge < -0.3 is 4.74 Å². The fourth-order valence-electron chi connectivity index (χ4n) is 1.88. The summed E-state index contributed by atoms with van der Waals surface area (Å²) >= 11 is 0. The van der Waals surface area contributed by atoms with Crippen molar-refractivity contribution >= 4 is 11.9 Å². The minimum absolute atomic E-state index is 0.0357. The lowest BCUT2D eigenvalue weighted by Gasteiger charge is -2.32. The quantitative estimate of drug-likeness (QED) is 0.728. The predicted molar refractivity (Wildman–Crippen MR) is 70.8 cm³/mol. The Labute approximate surface area is 112 Å². The molecule has 2 aliphatic rings. The van der Waals surface area contributed by atoms with Gasteiger partial charge in [-0.05, 0) is 39.0 Å². The zero-order valence-corrected chi connectivity index (χ0v) is 11.4. The molecule has 19 heavy (non-hydrogen) atoms. The first-order chi connectivity index (χ1) is 8.87. The van der Waals surface area contributed by atoms with Gasteiger partial charge in [-0.25, -0.2) is 4.79 Å². The standard InChI is InChI=1S/C14H18N2O3/c1-14(2,3)19-13(18)16-9-5-8-15(16)11-6-4-7-12(17)10-11/h4-7,9H,8,10H2,1-3H3. The highest BCUT2D eigenvalue weighted by molar-refractivity contribution is 5.93. The van der Waals surface area contributed by atoms with E-state index in [9.17, 15) is 9.59 Å². The molecule has 1 amide bonds. The van der Waals surface area contributed by atoms with Crippen molar-refractivity contribution in [2.24, 2.45) is 0 Å². The van der Waals surface area contributed by atoms with Crippen molar-refractivity contribution < 1.29 is 14.3 Å². The van der Waals surface area contributed by atoms with E-state index in [1.165, 1.54) is 11.1 Å². The third-order valence-corrected chi connectivity index (χ3v) is 2.62. The lowest BCUT2D eigenvalue weighted by Crippen LogP contribution is -2.42. The molecule has 1 heterocycles. The molecular weight excluding hydrogens is 244 g/mol. The maximum Gasteiger partial charge on any atom is 0.433 e. The minimum atomic E-state index is -0.546. The van der Waals surface area contributed by atoms with Crippen molar-refractivity contribution in [3.63, 3.8) is 0 Å². The van der Waals surface area contributed by atoms with E-state index in [4.69, 9.17) is 4.74 Å². The molecule has 2 rings (SSSR count). The van der Waals surface area contributed by atoms with E-state index < -0.39 is 11.7 Å².